The van der Waals surface area contributed by atoms with Gasteiger partial charge in [0.05, 0.1) is 0 Å². The summed E-state index contributed by atoms with van der Waals surface area (Å²) in [6.45, 7) is 26.4. The molecule has 0 aromatic rings. The van der Waals surface area contributed by atoms with E-state index in [-0.39, 0.29) is 15.8 Å². The highest BCUT2D eigenvalue weighted by Gasteiger charge is 2.38. The second-order valence-electron chi connectivity index (χ2n) is 13.2. The minimum atomic E-state index is 0. The van der Waals surface area contributed by atoms with Crippen LogP contribution in [-0.4, -0.2) is 8.41 Å². The van der Waals surface area contributed by atoms with Crippen LogP contribution in [0, 0.1) is 17.8 Å². The highest BCUT2D eigenvalue weighted by Crippen LogP contribution is 2.48. The van der Waals surface area contributed by atoms with Gasteiger partial charge in [-0.15, -0.1) is 13.2 Å². The summed E-state index contributed by atoms with van der Waals surface area (Å²) in [5.74, 6) is 3.10. The molecule has 0 aliphatic heterocycles. The minimum absolute atomic E-state index is 0. The fourth-order valence-corrected chi connectivity index (χ4v) is 5.63. The Balaban J connectivity index is -0.000000135. The van der Waals surface area contributed by atoms with Crippen molar-refractivity contribution in [1.29, 1.82) is 0 Å². The van der Waals surface area contributed by atoms with Gasteiger partial charge in [-0.25, -0.2) is 0 Å². The van der Waals surface area contributed by atoms with Crippen molar-refractivity contribution in [3.63, 3.8) is 0 Å². The molecule has 0 aromatic heterocycles. The molecule has 2 atom stereocenters. The third kappa shape index (κ3) is 56.4. The maximum absolute atomic E-state index is 3.60. The molecule has 1 aliphatic carbocycles. The Kier molecular flexibility index (Phi) is 72.5. The van der Waals surface area contributed by atoms with E-state index < -0.39 is 0 Å². The molecule has 305 valence electrons. The largest absolute Gasteiger partial charge is 0.103 e. The average molecular weight is 730 g/mol. The SMILES string of the molecule is C.C=CCCC=CC.C=CCCC=CC.CC=CCC/C=C\CCC.CC=CCC/C=C\CCC.CC=CCCC1CC(CCC=CC)C1CCC.[B]. The van der Waals surface area contributed by atoms with Gasteiger partial charge in [0.25, 0.3) is 0 Å². The summed E-state index contributed by atoms with van der Waals surface area (Å²) in [7, 11) is 0. The van der Waals surface area contributed by atoms with E-state index in [1.165, 1.54) is 96.3 Å². The molecule has 0 saturated heterocycles. The second kappa shape index (κ2) is 61.5. The van der Waals surface area contributed by atoms with E-state index in [9.17, 15) is 0 Å². The Labute approximate surface area is 339 Å². The lowest BCUT2D eigenvalue weighted by Crippen LogP contribution is -2.36. The summed E-state index contributed by atoms with van der Waals surface area (Å²) in [6.07, 6.45) is 63.0. The average Bonchev–Trinajstić information content (AvgIpc) is 3.14. The molecule has 0 aromatic carbocycles. The quantitative estimate of drug-likeness (QED) is 0.0527. The van der Waals surface area contributed by atoms with Gasteiger partial charge in [-0.1, -0.05) is 163 Å². The van der Waals surface area contributed by atoms with Gasteiger partial charge < -0.3 is 0 Å². The number of rotatable bonds is 24. The second-order valence-corrected chi connectivity index (χ2v) is 13.2. The Bertz CT molecular complexity index is 820. The number of hydrogen-bond donors (Lipinski definition) is 0. The standard InChI is InChI=1S/C17H30.2C10H18.2C7H12.CH4.B/c1-4-7-9-12-15-14-16(13-10-8-5-2)17(15)11-6-3;2*1-3-5-7-9-10-8-6-4-2;2*1-3-5-7-6-4-2;;/h4-5,7-8,15-17H,6,9-14H2,1-3H3;2*3,5,8,10H,4,6-7,9H2,1-2H3;2*3-4,6H,1,5,7H2,2H3;1H4;/b;2*5-3?,10-8-;;;;. The highest BCUT2D eigenvalue weighted by molar-refractivity contribution is 5.75. The van der Waals surface area contributed by atoms with Gasteiger partial charge in [0, 0.05) is 8.41 Å². The van der Waals surface area contributed by atoms with E-state index in [0.717, 1.165) is 43.4 Å². The van der Waals surface area contributed by atoms with Gasteiger partial charge in [-0.05, 0) is 156 Å². The molecule has 0 spiro atoms. The van der Waals surface area contributed by atoms with Crippen LogP contribution in [0.15, 0.2) is 123 Å². The van der Waals surface area contributed by atoms with Gasteiger partial charge in [-0.3, -0.25) is 0 Å². The Hall–Kier alpha value is -2.54. The smallest absolute Gasteiger partial charge is 0 e. The molecule has 0 bridgehead atoms. The van der Waals surface area contributed by atoms with E-state index >= 15 is 0 Å². The molecule has 53 heavy (non-hydrogen) atoms. The predicted molar refractivity (Wildman–Crippen MR) is 255 cm³/mol. The van der Waals surface area contributed by atoms with Crippen molar-refractivity contribution in [2.24, 2.45) is 17.8 Å². The first-order valence-electron chi connectivity index (χ1n) is 21.2. The molecular weight excluding hydrogens is 635 g/mol. The lowest BCUT2D eigenvalue weighted by Gasteiger charge is -2.45. The van der Waals surface area contributed by atoms with Crippen molar-refractivity contribution >= 4 is 8.41 Å². The molecule has 0 nitrogen and oxygen atoms in total. The van der Waals surface area contributed by atoms with Crippen LogP contribution in [0.5, 0.6) is 0 Å². The summed E-state index contributed by atoms with van der Waals surface area (Å²) in [5.41, 5.74) is 0. The molecule has 0 N–H and O–H groups in total. The lowest BCUT2D eigenvalue weighted by molar-refractivity contribution is 0.0503. The van der Waals surface area contributed by atoms with Crippen LogP contribution in [0.2, 0.25) is 0 Å². The molecule has 3 radical (unpaired) electrons. The fourth-order valence-electron chi connectivity index (χ4n) is 5.63. The van der Waals surface area contributed by atoms with E-state index in [1.54, 1.807) is 0 Å². The zero-order valence-electron chi connectivity index (χ0n) is 36.6. The molecule has 1 heteroatoms. The summed E-state index contributed by atoms with van der Waals surface area (Å²) in [5, 5.41) is 0. The van der Waals surface area contributed by atoms with Crippen molar-refractivity contribution in [3.8, 4) is 0 Å². The number of allylic oxidation sites excluding steroid dienone is 18. The first-order valence-corrected chi connectivity index (χ1v) is 21.2. The fraction of sp³-hybridized carbons (Fsp3) is 0.615. The van der Waals surface area contributed by atoms with Crippen molar-refractivity contribution in [1.82, 2.24) is 0 Å². The minimum Gasteiger partial charge on any atom is -0.103 e. The zero-order chi connectivity index (χ0) is 38.9. The third-order valence-electron chi connectivity index (χ3n) is 8.58. The Morgan fingerprint density at radius 2 is 0.660 bits per heavy atom. The molecule has 1 saturated carbocycles. The molecular formula is C52H94B. The number of unbranched alkanes of at least 4 members (excludes halogenated alkanes) is 6. The van der Waals surface area contributed by atoms with Crippen LogP contribution < -0.4 is 0 Å². The molecule has 1 aliphatic rings. The monoisotopic (exact) mass is 730 g/mol. The van der Waals surface area contributed by atoms with Crippen molar-refractivity contribution in [3.05, 3.63) is 123 Å². The summed E-state index contributed by atoms with van der Waals surface area (Å²) >= 11 is 0. The number of hydrogen-bond acceptors (Lipinski definition) is 0. The molecule has 2 unspecified atom stereocenters. The predicted octanol–water partition coefficient (Wildman–Crippen LogP) is 18.5. The van der Waals surface area contributed by atoms with Crippen molar-refractivity contribution < 1.29 is 0 Å². The molecule has 0 heterocycles. The summed E-state index contributed by atoms with van der Waals surface area (Å²) < 4.78 is 0. The normalized spacial score (nSPS) is 16.4. The van der Waals surface area contributed by atoms with E-state index in [2.05, 4.69) is 159 Å². The van der Waals surface area contributed by atoms with Gasteiger partial charge >= 0.3 is 0 Å². The topological polar surface area (TPSA) is 0 Å². The highest BCUT2D eigenvalue weighted by atomic mass is 14.4. The van der Waals surface area contributed by atoms with E-state index in [0.29, 0.717) is 0 Å². The summed E-state index contributed by atoms with van der Waals surface area (Å²) in [6, 6.07) is 0. The van der Waals surface area contributed by atoms with Crippen LogP contribution >= 0.6 is 0 Å². The van der Waals surface area contributed by atoms with Crippen LogP contribution in [0.1, 0.15) is 192 Å². The Morgan fingerprint density at radius 3 is 0.943 bits per heavy atom. The van der Waals surface area contributed by atoms with Gasteiger partial charge in [0.1, 0.15) is 0 Å². The van der Waals surface area contributed by atoms with Gasteiger partial charge in [0.15, 0.2) is 0 Å². The summed E-state index contributed by atoms with van der Waals surface area (Å²) in [4.78, 5) is 0. The Morgan fingerprint density at radius 1 is 0.377 bits per heavy atom. The first kappa shape index (κ1) is 62.5. The van der Waals surface area contributed by atoms with E-state index in [4.69, 9.17) is 0 Å². The van der Waals surface area contributed by atoms with Crippen LogP contribution in [0.4, 0.5) is 0 Å². The lowest BCUT2D eigenvalue weighted by atomic mass is 9.60. The van der Waals surface area contributed by atoms with E-state index in [1.807, 2.05) is 26.0 Å². The van der Waals surface area contributed by atoms with Gasteiger partial charge in [-0.2, -0.15) is 0 Å². The zero-order valence-corrected chi connectivity index (χ0v) is 36.6. The van der Waals surface area contributed by atoms with Crippen LogP contribution in [0.3, 0.4) is 0 Å². The van der Waals surface area contributed by atoms with Crippen LogP contribution in [0.25, 0.3) is 0 Å². The van der Waals surface area contributed by atoms with Crippen molar-refractivity contribution in [2.45, 2.75) is 192 Å². The maximum atomic E-state index is 3.60. The van der Waals surface area contributed by atoms with Crippen LogP contribution in [-0.2, 0) is 0 Å². The first-order chi connectivity index (χ1) is 25.0. The maximum Gasteiger partial charge on any atom is 0 e. The molecule has 1 fully saturated rings. The van der Waals surface area contributed by atoms with Crippen molar-refractivity contribution in [2.75, 3.05) is 0 Å². The molecule has 0 amide bonds. The third-order valence-corrected chi connectivity index (χ3v) is 8.58. The molecule has 1 rings (SSSR count). The van der Waals surface area contributed by atoms with Gasteiger partial charge in [0.2, 0.25) is 0 Å².